The molecular formula is C16H20F3N3O6S. The highest BCUT2D eigenvalue weighted by Gasteiger charge is 2.39. The van der Waals surface area contributed by atoms with Crippen LogP contribution in [0.25, 0.3) is 0 Å². The molecule has 0 atom stereocenters. The van der Waals surface area contributed by atoms with Crippen LogP contribution in [0.1, 0.15) is 13.3 Å². The molecule has 0 aliphatic rings. The van der Waals surface area contributed by atoms with Gasteiger partial charge in [-0.05, 0) is 12.5 Å². The van der Waals surface area contributed by atoms with Crippen LogP contribution in [0.5, 0.6) is 0 Å². The number of hydrogen-bond acceptors (Lipinski definition) is 7. The van der Waals surface area contributed by atoms with Crippen LogP contribution in [0.2, 0.25) is 0 Å². The van der Waals surface area contributed by atoms with Gasteiger partial charge in [0.2, 0.25) is 10.0 Å². The number of para-hydroxylation sites is 1. The minimum Gasteiger partial charge on any atom is -0.463 e. The third-order valence-corrected chi connectivity index (χ3v) is 5.40. The second kappa shape index (κ2) is 10.3. The van der Waals surface area contributed by atoms with E-state index in [0.717, 1.165) is 12.1 Å². The van der Waals surface area contributed by atoms with Crippen molar-refractivity contribution in [2.75, 3.05) is 26.2 Å². The molecule has 0 fully saturated rings. The molecule has 0 radical (unpaired) electrons. The number of benzene rings is 1. The van der Waals surface area contributed by atoms with Crippen molar-refractivity contribution in [2.24, 2.45) is 5.73 Å². The number of nitrogens with zero attached hydrogens (tertiary/aromatic N) is 2. The van der Waals surface area contributed by atoms with Gasteiger partial charge in [-0.15, -0.1) is 0 Å². The van der Waals surface area contributed by atoms with E-state index in [4.69, 9.17) is 5.73 Å². The number of rotatable bonds is 10. The quantitative estimate of drug-likeness (QED) is 0.255. The van der Waals surface area contributed by atoms with Crippen molar-refractivity contribution in [1.29, 1.82) is 0 Å². The molecule has 1 aromatic rings. The summed E-state index contributed by atoms with van der Waals surface area (Å²) in [6.07, 6.45) is -4.50. The Morgan fingerprint density at radius 1 is 1.34 bits per heavy atom. The fraction of sp³-hybridized carbons (Fsp3) is 0.438. The number of ether oxygens (including phenoxy) is 1. The van der Waals surface area contributed by atoms with Crippen molar-refractivity contribution < 1.29 is 36.0 Å². The average Bonchev–Trinajstić information content (AvgIpc) is 2.64. The molecule has 2 N–H and O–H groups in total. The maximum absolute atomic E-state index is 13.4. The third-order valence-electron chi connectivity index (χ3n) is 3.51. The molecule has 0 aliphatic carbocycles. The first-order valence-corrected chi connectivity index (χ1v) is 9.77. The highest BCUT2D eigenvalue weighted by atomic mass is 32.2. The smallest absolute Gasteiger partial charge is 0.414 e. The SMILES string of the molecule is CCCOC(=O)/C=C(\CN(CCN)S(=O)(=O)c1ccccc1[N+](=O)[O-])C(F)(F)F. The average molecular weight is 439 g/mol. The van der Waals surface area contributed by atoms with E-state index in [9.17, 15) is 36.5 Å². The van der Waals surface area contributed by atoms with Crippen LogP contribution in [0, 0.1) is 10.1 Å². The summed E-state index contributed by atoms with van der Waals surface area (Å²) in [6, 6.07) is 4.23. The Morgan fingerprint density at radius 3 is 2.48 bits per heavy atom. The molecule has 0 amide bonds. The van der Waals surface area contributed by atoms with Crippen molar-refractivity contribution in [3.05, 3.63) is 46.0 Å². The normalized spacial score (nSPS) is 12.8. The third kappa shape index (κ3) is 6.80. The number of alkyl halides is 3. The molecule has 13 heteroatoms. The second-order valence-corrected chi connectivity index (χ2v) is 7.59. The van der Waals surface area contributed by atoms with Gasteiger partial charge in [0.15, 0.2) is 4.90 Å². The predicted molar refractivity (Wildman–Crippen MR) is 96.3 cm³/mol. The van der Waals surface area contributed by atoms with Gasteiger partial charge in [0.25, 0.3) is 5.69 Å². The Balaban J connectivity index is 3.38. The van der Waals surface area contributed by atoms with Crippen LogP contribution in [0.4, 0.5) is 18.9 Å². The monoisotopic (exact) mass is 439 g/mol. The number of carbonyl (C=O) groups excluding carboxylic acids is 1. The van der Waals surface area contributed by atoms with E-state index in [-0.39, 0.29) is 19.2 Å². The lowest BCUT2D eigenvalue weighted by Gasteiger charge is -2.23. The zero-order chi connectivity index (χ0) is 22.2. The Hall–Kier alpha value is -2.51. The summed E-state index contributed by atoms with van der Waals surface area (Å²) in [6.45, 7) is -0.654. The summed E-state index contributed by atoms with van der Waals surface area (Å²) in [5.41, 5.74) is 3.03. The molecule has 9 nitrogen and oxygen atoms in total. The van der Waals surface area contributed by atoms with Crippen molar-refractivity contribution in [3.63, 3.8) is 0 Å². The zero-order valence-corrected chi connectivity index (χ0v) is 16.2. The summed E-state index contributed by atoms with van der Waals surface area (Å²) in [4.78, 5) is 21.0. The van der Waals surface area contributed by atoms with Gasteiger partial charge >= 0.3 is 12.1 Å². The molecule has 0 saturated heterocycles. The molecule has 0 bridgehead atoms. The molecule has 0 spiro atoms. The van der Waals surface area contributed by atoms with Crippen LogP contribution >= 0.6 is 0 Å². The predicted octanol–water partition coefficient (Wildman–Crippen LogP) is 1.99. The van der Waals surface area contributed by atoms with Crippen LogP contribution in [-0.2, 0) is 19.6 Å². The van der Waals surface area contributed by atoms with Gasteiger partial charge in [-0.25, -0.2) is 13.2 Å². The standard InChI is InChI=1S/C16H20F3N3O6S/c1-2-9-28-15(23)10-12(16(17,18)19)11-21(8-7-20)29(26,27)14-6-4-3-5-13(14)22(24)25/h3-6,10H,2,7-9,11,20H2,1H3/b12-10+. The van der Waals surface area contributed by atoms with Gasteiger partial charge in [0.1, 0.15) is 0 Å². The van der Waals surface area contributed by atoms with E-state index in [1.807, 2.05) is 0 Å². The molecule has 29 heavy (non-hydrogen) atoms. The van der Waals surface area contributed by atoms with E-state index in [2.05, 4.69) is 4.74 Å². The van der Waals surface area contributed by atoms with E-state index in [1.54, 1.807) is 6.92 Å². The molecule has 162 valence electrons. The van der Waals surface area contributed by atoms with Gasteiger partial charge in [0, 0.05) is 31.8 Å². The molecule has 0 heterocycles. The number of nitro benzene ring substituents is 1. The van der Waals surface area contributed by atoms with Gasteiger partial charge < -0.3 is 10.5 Å². The number of nitrogens with two attached hydrogens (primary N) is 1. The van der Waals surface area contributed by atoms with E-state index < -0.39 is 56.3 Å². The lowest BCUT2D eigenvalue weighted by molar-refractivity contribution is -0.387. The Bertz CT molecular complexity index is 871. The van der Waals surface area contributed by atoms with Crippen LogP contribution in [0.15, 0.2) is 40.8 Å². The first-order chi connectivity index (χ1) is 13.4. The van der Waals surface area contributed by atoms with Crippen molar-refractivity contribution in [2.45, 2.75) is 24.4 Å². The van der Waals surface area contributed by atoms with Gasteiger partial charge in [-0.3, -0.25) is 10.1 Å². The number of carbonyl (C=O) groups is 1. The first-order valence-electron chi connectivity index (χ1n) is 8.33. The van der Waals surface area contributed by atoms with Gasteiger partial charge in [-0.2, -0.15) is 17.5 Å². The Kier molecular flexibility index (Phi) is 8.73. The van der Waals surface area contributed by atoms with Crippen LogP contribution in [-0.4, -0.2) is 56.0 Å². The number of hydrogen-bond donors (Lipinski definition) is 1. The highest BCUT2D eigenvalue weighted by molar-refractivity contribution is 7.89. The number of nitro groups is 1. The molecule has 0 aromatic heterocycles. The fourth-order valence-corrected chi connectivity index (χ4v) is 3.78. The second-order valence-electron chi connectivity index (χ2n) is 5.69. The minimum atomic E-state index is -5.05. The van der Waals surface area contributed by atoms with Crippen LogP contribution < -0.4 is 5.73 Å². The van der Waals surface area contributed by atoms with Gasteiger partial charge in [0.05, 0.1) is 17.1 Å². The lowest BCUT2D eigenvalue weighted by atomic mass is 10.2. The van der Waals surface area contributed by atoms with Gasteiger partial charge in [-0.1, -0.05) is 19.1 Å². The number of halogens is 3. The summed E-state index contributed by atoms with van der Waals surface area (Å²) in [5, 5.41) is 11.1. The Morgan fingerprint density at radius 2 is 1.97 bits per heavy atom. The number of sulfonamides is 1. The minimum absolute atomic E-state index is 0.110. The largest absolute Gasteiger partial charge is 0.463 e. The van der Waals surface area contributed by atoms with E-state index in [1.165, 1.54) is 12.1 Å². The molecular weight excluding hydrogens is 419 g/mol. The first kappa shape index (κ1) is 24.5. The summed E-state index contributed by atoms with van der Waals surface area (Å²) < 4.78 is 70.7. The molecule has 1 rings (SSSR count). The zero-order valence-electron chi connectivity index (χ0n) is 15.4. The summed E-state index contributed by atoms with van der Waals surface area (Å²) in [7, 11) is -4.73. The van der Waals surface area contributed by atoms with E-state index >= 15 is 0 Å². The van der Waals surface area contributed by atoms with E-state index in [0.29, 0.717) is 10.7 Å². The number of esters is 1. The highest BCUT2D eigenvalue weighted by Crippen LogP contribution is 2.30. The molecule has 0 aliphatic heterocycles. The van der Waals surface area contributed by atoms with Crippen LogP contribution in [0.3, 0.4) is 0 Å². The summed E-state index contributed by atoms with van der Waals surface area (Å²) >= 11 is 0. The molecule has 0 saturated carbocycles. The van der Waals surface area contributed by atoms with Crippen molar-refractivity contribution in [1.82, 2.24) is 4.31 Å². The van der Waals surface area contributed by atoms with Crippen molar-refractivity contribution in [3.8, 4) is 0 Å². The molecule has 1 aromatic carbocycles. The topological polar surface area (TPSA) is 133 Å². The maximum Gasteiger partial charge on any atom is 0.414 e. The van der Waals surface area contributed by atoms with Crippen molar-refractivity contribution >= 4 is 21.7 Å². The molecule has 0 unspecified atom stereocenters. The lowest BCUT2D eigenvalue weighted by Crippen LogP contribution is -2.39. The Labute approximate surface area is 165 Å². The fourth-order valence-electron chi connectivity index (χ4n) is 2.19. The summed E-state index contributed by atoms with van der Waals surface area (Å²) in [5.74, 6) is -1.28. The maximum atomic E-state index is 13.4.